The van der Waals surface area contributed by atoms with Crippen molar-refractivity contribution in [3.05, 3.63) is 145 Å². The maximum absolute atomic E-state index is 14.2. The van der Waals surface area contributed by atoms with Gasteiger partial charge in [0, 0.05) is 17.5 Å². The van der Waals surface area contributed by atoms with Crippen LogP contribution in [0.15, 0.2) is 134 Å². The van der Waals surface area contributed by atoms with Crippen LogP contribution >= 0.6 is 0 Å². The SMILES string of the molecule is Fc1ccc2c(c1)CC[n+]1ccn(-c3c(-c4ccccc4)cc(-c4ccccc4)cc3-c3ccccc3)c1-2. The van der Waals surface area contributed by atoms with Crippen LogP contribution < -0.4 is 4.57 Å². The minimum absolute atomic E-state index is 0.183. The first-order chi connectivity index (χ1) is 18.8. The number of fused-ring (bicyclic) bond motifs is 3. The zero-order valence-electron chi connectivity index (χ0n) is 20.9. The third-order valence-corrected chi connectivity index (χ3v) is 7.45. The lowest BCUT2D eigenvalue weighted by Gasteiger charge is -2.19. The summed E-state index contributed by atoms with van der Waals surface area (Å²) in [6.45, 7) is 0.822. The molecule has 0 fully saturated rings. The van der Waals surface area contributed by atoms with E-state index in [-0.39, 0.29) is 5.82 Å². The summed E-state index contributed by atoms with van der Waals surface area (Å²) in [5, 5.41) is 0. The monoisotopic (exact) mass is 493 g/mol. The molecule has 7 rings (SSSR count). The molecule has 0 saturated carbocycles. The average Bonchev–Trinajstić information content (AvgIpc) is 3.42. The van der Waals surface area contributed by atoms with Crippen LogP contribution in [0.2, 0.25) is 0 Å². The van der Waals surface area contributed by atoms with Gasteiger partial charge in [0.1, 0.15) is 23.9 Å². The second-order valence-corrected chi connectivity index (χ2v) is 9.75. The van der Waals surface area contributed by atoms with Gasteiger partial charge in [0.05, 0.1) is 12.1 Å². The van der Waals surface area contributed by atoms with E-state index in [4.69, 9.17) is 0 Å². The standard InChI is InChI=1S/C35H26FN2/c36-30-16-17-31-28(22-30)18-19-37-20-21-38(35(31)37)34-32(26-12-6-2-7-13-26)23-29(25-10-4-1-5-11-25)24-33(34)27-14-8-3-9-15-27/h1-17,20-24H,18-19H2/q+1. The van der Waals surface area contributed by atoms with Gasteiger partial charge in [-0.2, -0.15) is 4.57 Å². The lowest BCUT2D eigenvalue weighted by atomic mass is 9.90. The summed E-state index contributed by atoms with van der Waals surface area (Å²) in [7, 11) is 0. The fourth-order valence-corrected chi connectivity index (χ4v) is 5.67. The molecule has 6 aromatic rings. The van der Waals surface area contributed by atoms with Crippen LogP contribution in [0.25, 0.3) is 50.5 Å². The van der Waals surface area contributed by atoms with Gasteiger partial charge in [0.2, 0.25) is 0 Å². The lowest BCUT2D eigenvalue weighted by molar-refractivity contribution is -0.686. The zero-order chi connectivity index (χ0) is 25.5. The molecule has 1 aromatic heterocycles. The first-order valence-electron chi connectivity index (χ1n) is 13.0. The van der Waals surface area contributed by atoms with Crippen LogP contribution in [0, 0.1) is 5.82 Å². The number of aromatic nitrogens is 2. The Kier molecular flexibility index (Phi) is 5.48. The van der Waals surface area contributed by atoms with Gasteiger partial charge in [0.25, 0.3) is 5.82 Å². The third-order valence-electron chi connectivity index (χ3n) is 7.45. The number of nitrogens with zero attached hydrogens (tertiary/aromatic N) is 2. The van der Waals surface area contributed by atoms with Crippen molar-refractivity contribution >= 4 is 0 Å². The predicted octanol–water partition coefficient (Wildman–Crippen LogP) is 8.13. The van der Waals surface area contributed by atoms with Crippen LogP contribution in [-0.4, -0.2) is 4.57 Å². The minimum Gasteiger partial charge on any atom is -0.229 e. The van der Waals surface area contributed by atoms with Crippen molar-refractivity contribution in [1.82, 2.24) is 4.57 Å². The maximum atomic E-state index is 14.2. The summed E-state index contributed by atoms with van der Waals surface area (Å²) in [6.07, 6.45) is 5.12. The molecule has 1 aliphatic heterocycles. The Bertz CT molecular complexity index is 1690. The molecule has 5 aromatic carbocycles. The second-order valence-electron chi connectivity index (χ2n) is 9.75. The Morgan fingerprint density at radius 3 is 1.76 bits per heavy atom. The molecule has 0 radical (unpaired) electrons. The Morgan fingerprint density at radius 2 is 1.16 bits per heavy atom. The first kappa shape index (κ1) is 22.4. The van der Waals surface area contributed by atoms with Crippen molar-refractivity contribution < 1.29 is 8.96 Å². The number of halogens is 1. The van der Waals surface area contributed by atoms with E-state index < -0.39 is 0 Å². The highest BCUT2D eigenvalue weighted by molar-refractivity contribution is 5.91. The molecular weight excluding hydrogens is 467 g/mol. The van der Waals surface area contributed by atoms with E-state index in [2.05, 4.69) is 125 Å². The summed E-state index contributed by atoms with van der Waals surface area (Å²) < 4.78 is 18.8. The Labute approximate surface area is 221 Å². The van der Waals surface area contributed by atoms with Gasteiger partial charge in [-0.15, -0.1) is 0 Å². The highest BCUT2D eigenvalue weighted by Gasteiger charge is 2.31. The molecule has 0 bridgehead atoms. The Hall–Kier alpha value is -4.76. The van der Waals surface area contributed by atoms with Crippen LogP contribution in [0.4, 0.5) is 4.39 Å². The number of hydrogen-bond donors (Lipinski definition) is 0. The van der Waals surface area contributed by atoms with Gasteiger partial charge in [-0.3, -0.25) is 0 Å². The van der Waals surface area contributed by atoms with Crippen molar-refractivity contribution in [2.24, 2.45) is 0 Å². The van der Waals surface area contributed by atoms with Crippen LogP contribution in [0.1, 0.15) is 5.56 Å². The fourth-order valence-electron chi connectivity index (χ4n) is 5.67. The molecule has 3 heteroatoms. The summed E-state index contributed by atoms with van der Waals surface area (Å²) in [6, 6.07) is 41.5. The zero-order valence-corrected chi connectivity index (χ0v) is 20.9. The summed E-state index contributed by atoms with van der Waals surface area (Å²) >= 11 is 0. The van der Waals surface area contributed by atoms with Crippen molar-refractivity contribution in [2.75, 3.05) is 0 Å². The highest BCUT2D eigenvalue weighted by Crippen LogP contribution is 2.41. The van der Waals surface area contributed by atoms with Gasteiger partial charge in [0.15, 0.2) is 0 Å². The average molecular weight is 494 g/mol. The number of hydrogen-bond acceptors (Lipinski definition) is 0. The molecule has 38 heavy (non-hydrogen) atoms. The van der Waals surface area contributed by atoms with Crippen LogP contribution in [-0.2, 0) is 13.0 Å². The molecule has 0 unspecified atom stereocenters. The van der Waals surface area contributed by atoms with Gasteiger partial charge >= 0.3 is 0 Å². The molecular formula is C35H26FN2+. The number of rotatable bonds is 4. The maximum Gasteiger partial charge on any atom is 0.294 e. The predicted molar refractivity (Wildman–Crippen MR) is 151 cm³/mol. The molecule has 0 spiro atoms. The molecule has 1 aliphatic rings. The summed E-state index contributed by atoms with van der Waals surface area (Å²) in [4.78, 5) is 0. The highest BCUT2D eigenvalue weighted by atomic mass is 19.1. The number of benzene rings is 5. The molecule has 0 N–H and O–H groups in total. The molecule has 0 atom stereocenters. The van der Waals surface area contributed by atoms with Gasteiger partial charge in [-0.25, -0.2) is 8.96 Å². The van der Waals surface area contributed by atoms with E-state index in [9.17, 15) is 4.39 Å². The topological polar surface area (TPSA) is 8.81 Å². The number of aryl methyl sites for hydroxylation is 2. The quantitative estimate of drug-likeness (QED) is 0.219. The normalized spacial score (nSPS) is 12.1. The Morgan fingerprint density at radius 1 is 0.579 bits per heavy atom. The largest absolute Gasteiger partial charge is 0.294 e. The molecule has 2 heterocycles. The van der Waals surface area contributed by atoms with E-state index in [0.29, 0.717) is 0 Å². The van der Waals surface area contributed by atoms with Gasteiger partial charge in [-0.1, -0.05) is 91.0 Å². The third kappa shape index (κ3) is 3.84. The molecule has 0 saturated heterocycles. The second kappa shape index (κ2) is 9.28. The van der Waals surface area contributed by atoms with E-state index in [1.165, 1.54) is 11.1 Å². The molecule has 182 valence electrons. The summed E-state index contributed by atoms with van der Waals surface area (Å²) in [5.41, 5.74) is 10.2. The van der Waals surface area contributed by atoms with Crippen molar-refractivity contribution in [3.63, 3.8) is 0 Å². The van der Waals surface area contributed by atoms with E-state index in [1.807, 2.05) is 6.07 Å². The van der Waals surface area contributed by atoms with Crippen molar-refractivity contribution in [2.45, 2.75) is 13.0 Å². The summed E-state index contributed by atoms with van der Waals surface area (Å²) in [5.74, 6) is 0.894. The van der Waals surface area contributed by atoms with Gasteiger partial charge in [-0.05, 0) is 58.1 Å². The van der Waals surface area contributed by atoms with E-state index >= 15 is 0 Å². The van der Waals surface area contributed by atoms with Gasteiger partial charge < -0.3 is 0 Å². The smallest absolute Gasteiger partial charge is 0.229 e. The molecule has 2 nitrogen and oxygen atoms in total. The van der Waals surface area contributed by atoms with E-state index in [0.717, 1.165) is 57.9 Å². The Balaban J connectivity index is 1.58. The molecule has 0 aliphatic carbocycles. The van der Waals surface area contributed by atoms with Crippen LogP contribution in [0.5, 0.6) is 0 Å². The molecule has 0 amide bonds. The fraction of sp³-hybridized carbons (Fsp3) is 0.0571. The minimum atomic E-state index is -0.183. The van der Waals surface area contributed by atoms with Crippen molar-refractivity contribution in [3.8, 4) is 50.5 Å². The lowest BCUT2D eigenvalue weighted by Crippen LogP contribution is -2.39. The first-order valence-corrected chi connectivity index (χ1v) is 13.0. The number of imidazole rings is 1. The van der Waals surface area contributed by atoms with Crippen LogP contribution in [0.3, 0.4) is 0 Å². The van der Waals surface area contributed by atoms with Crippen molar-refractivity contribution in [1.29, 1.82) is 0 Å². The van der Waals surface area contributed by atoms with E-state index in [1.54, 1.807) is 12.1 Å².